The minimum Gasteiger partial charge on any atom is -0.367 e. The Morgan fingerprint density at radius 3 is 2.41 bits per heavy atom. The summed E-state index contributed by atoms with van der Waals surface area (Å²) in [5, 5.41) is 15.5. The lowest BCUT2D eigenvalue weighted by atomic mass is 9.91. The Labute approximate surface area is 168 Å². The number of nitrogens with one attached hydrogen (secondary N) is 2. The Balaban J connectivity index is 1.23. The van der Waals surface area contributed by atoms with Gasteiger partial charge in [-0.3, -0.25) is 0 Å². The van der Waals surface area contributed by atoms with Crippen molar-refractivity contribution in [3.05, 3.63) is 60.9 Å². The van der Waals surface area contributed by atoms with Crippen molar-refractivity contribution in [1.82, 2.24) is 29.9 Å². The van der Waals surface area contributed by atoms with Crippen molar-refractivity contribution in [2.75, 3.05) is 10.6 Å². The van der Waals surface area contributed by atoms with Gasteiger partial charge in [-0.15, -0.1) is 5.10 Å². The molecule has 1 aliphatic carbocycles. The molecule has 0 amide bonds. The van der Waals surface area contributed by atoms with Crippen molar-refractivity contribution in [2.24, 2.45) is 0 Å². The topological polar surface area (TPSA) is 93.4 Å². The van der Waals surface area contributed by atoms with Crippen LogP contribution < -0.4 is 10.6 Å². The van der Waals surface area contributed by atoms with Gasteiger partial charge in [-0.25, -0.2) is 9.97 Å². The summed E-state index contributed by atoms with van der Waals surface area (Å²) in [6.45, 7) is 0. The summed E-state index contributed by atoms with van der Waals surface area (Å²) in [5.74, 6) is 2.28. The first-order chi connectivity index (χ1) is 14.3. The molecule has 4 aromatic rings. The maximum absolute atomic E-state index is 4.66. The van der Waals surface area contributed by atoms with Crippen molar-refractivity contribution >= 4 is 22.8 Å². The molecule has 3 heterocycles. The molecule has 0 aliphatic heterocycles. The number of benzene rings is 1. The van der Waals surface area contributed by atoms with Gasteiger partial charge in [0.15, 0.2) is 5.82 Å². The van der Waals surface area contributed by atoms with E-state index >= 15 is 0 Å². The molecule has 29 heavy (non-hydrogen) atoms. The van der Waals surface area contributed by atoms with E-state index in [1.807, 2.05) is 54.7 Å². The summed E-state index contributed by atoms with van der Waals surface area (Å²) >= 11 is 0. The van der Waals surface area contributed by atoms with Crippen LogP contribution in [-0.4, -0.2) is 42.0 Å². The molecule has 0 spiro atoms. The fourth-order valence-electron chi connectivity index (χ4n) is 3.80. The predicted molar refractivity (Wildman–Crippen MR) is 112 cm³/mol. The largest absolute Gasteiger partial charge is 0.367 e. The van der Waals surface area contributed by atoms with E-state index in [4.69, 9.17) is 0 Å². The van der Waals surface area contributed by atoms with Crippen molar-refractivity contribution < 1.29 is 0 Å². The zero-order chi connectivity index (χ0) is 19.5. The molecule has 1 saturated carbocycles. The van der Waals surface area contributed by atoms with Gasteiger partial charge in [-0.2, -0.15) is 9.67 Å². The van der Waals surface area contributed by atoms with Crippen molar-refractivity contribution in [3.63, 3.8) is 0 Å². The highest BCUT2D eigenvalue weighted by Gasteiger charge is 2.22. The van der Waals surface area contributed by atoms with Crippen LogP contribution in [0, 0.1) is 0 Å². The van der Waals surface area contributed by atoms with E-state index in [9.17, 15) is 0 Å². The number of para-hydroxylation sites is 1. The van der Waals surface area contributed by atoms with Gasteiger partial charge in [0.05, 0.1) is 5.52 Å². The van der Waals surface area contributed by atoms with Crippen LogP contribution in [0.2, 0.25) is 0 Å². The molecule has 146 valence electrons. The first kappa shape index (κ1) is 17.5. The van der Waals surface area contributed by atoms with Gasteiger partial charge in [-0.05, 0) is 49.9 Å². The first-order valence-corrected chi connectivity index (χ1v) is 9.93. The second kappa shape index (κ2) is 7.83. The van der Waals surface area contributed by atoms with Gasteiger partial charge < -0.3 is 10.6 Å². The van der Waals surface area contributed by atoms with Gasteiger partial charge in [0.2, 0.25) is 5.95 Å². The minimum atomic E-state index is 0.361. The van der Waals surface area contributed by atoms with Crippen LogP contribution in [0.5, 0.6) is 0 Å². The summed E-state index contributed by atoms with van der Waals surface area (Å²) < 4.78 is 1.75. The summed E-state index contributed by atoms with van der Waals surface area (Å²) in [6.07, 6.45) is 7.87. The van der Waals surface area contributed by atoms with Crippen LogP contribution in [0.4, 0.5) is 11.8 Å². The molecular formula is C21H22N8. The fourth-order valence-corrected chi connectivity index (χ4v) is 3.80. The molecule has 2 N–H and O–H groups in total. The molecular weight excluding hydrogens is 364 g/mol. The average Bonchev–Trinajstić information content (AvgIpc) is 3.20. The maximum Gasteiger partial charge on any atom is 0.224 e. The minimum absolute atomic E-state index is 0.361. The summed E-state index contributed by atoms with van der Waals surface area (Å²) in [6, 6.07) is 16.5. The zero-order valence-electron chi connectivity index (χ0n) is 15.9. The monoisotopic (exact) mass is 386 g/mol. The number of pyridine rings is 1. The van der Waals surface area contributed by atoms with Crippen LogP contribution in [0.1, 0.15) is 25.7 Å². The molecule has 0 atom stereocenters. The van der Waals surface area contributed by atoms with Gasteiger partial charge in [0.1, 0.15) is 11.3 Å². The lowest BCUT2D eigenvalue weighted by molar-refractivity contribution is 0.427. The van der Waals surface area contributed by atoms with Crippen LogP contribution in [0.15, 0.2) is 60.9 Å². The van der Waals surface area contributed by atoms with Crippen LogP contribution in [0.25, 0.3) is 16.9 Å². The summed E-state index contributed by atoms with van der Waals surface area (Å²) in [5.41, 5.74) is 1.78. The number of rotatable bonds is 5. The number of anilines is 2. The summed E-state index contributed by atoms with van der Waals surface area (Å²) in [4.78, 5) is 13.4. The third-order valence-electron chi connectivity index (χ3n) is 5.29. The molecule has 8 nitrogen and oxygen atoms in total. The van der Waals surface area contributed by atoms with Crippen LogP contribution >= 0.6 is 0 Å². The number of fused-ring (bicyclic) bond motifs is 1. The van der Waals surface area contributed by atoms with Gasteiger partial charge >= 0.3 is 0 Å². The quantitative estimate of drug-likeness (QED) is 0.543. The lowest BCUT2D eigenvalue weighted by Gasteiger charge is -2.30. The Hall–Kier alpha value is -3.55. The zero-order valence-corrected chi connectivity index (χ0v) is 15.9. The van der Waals surface area contributed by atoms with E-state index in [-0.39, 0.29) is 0 Å². The number of hydrogen-bond acceptors (Lipinski definition) is 7. The van der Waals surface area contributed by atoms with E-state index in [1.165, 1.54) is 0 Å². The van der Waals surface area contributed by atoms with Crippen molar-refractivity contribution in [3.8, 4) is 5.82 Å². The van der Waals surface area contributed by atoms with E-state index in [0.29, 0.717) is 23.8 Å². The van der Waals surface area contributed by atoms with Crippen LogP contribution in [0.3, 0.4) is 0 Å². The van der Waals surface area contributed by atoms with Gasteiger partial charge in [0, 0.05) is 30.5 Å². The Morgan fingerprint density at radius 1 is 0.793 bits per heavy atom. The first-order valence-electron chi connectivity index (χ1n) is 9.93. The standard InChI is InChI=1S/C21H22N8/c1-2-6-18-17(5-1)27-28-29(18)20-12-14-23-21(26-20)25-16-10-8-15(9-11-16)24-19-7-3-4-13-22-19/h1-7,12-16H,8-11H2,(H,22,24)(H,23,25,26). The Kier molecular flexibility index (Phi) is 4.73. The van der Waals surface area contributed by atoms with Crippen LogP contribution in [-0.2, 0) is 0 Å². The molecule has 1 aliphatic rings. The maximum atomic E-state index is 4.66. The molecule has 0 radical (unpaired) electrons. The molecule has 0 bridgehead atoms. The molecule has 0 saturated heterocycles. The molecule has 1 fully saturated rings. The van der Waals surface area contributed by atoms with E-state index < -0.39 is 0 Å². The lowest BCUT2D eigenvalue weighted by Crippen LogP contribution is -2.33. The number of hydrogen-bond donors (Lipinski definition) is 2. The molecule has 3 aromatic heterocycles. The predicted octanol–water partition coefficient (Wildman–Crippen LogP) is 3.44. The van der Waals surface area contributed by atoms with E-state index in [2.05, 4.69) is 35.9 Å². The second-order valence-electron chi connectivity index (χ2n) is 7.28. The smallest absolute Gasteiger partial charge is 0.224 e. The highest BCUT2D eigenvalue weighted by molar-refractivity contribution is 5.75. The number of aromatic nitrogens is 6. The highest BCUT2D eigenvalue weighted by Crippen LogP contribution is 2.24. The second-order valence-corrected chi connectivity index (χ2v) is 7.28. The third kappa shape index (κ3) is 3.87. The van der Waals surface area contributed by atoms with Gasteiger partial charge in [0.25, 0.3) is 0 Å². The molecule has 5 rings (SSSR count). The normalized spacial score (nSPS) is 19.2. The molecule has 1 aromatic carbocycles. The van der Waals surface area contributed by atoms with Gasteiger partial charge in [-0.1, -0.05) is 23.4 Å². The SMILES string of the molecule is c1ccc(NC2CCC(Nc3nccc(-n4nnc5ccccc54)n3)CC2)nc1. The van der Waals surface area contributed by atoms with E-state index in [1.54, 1.807) is 10.9 Å². The van der Waals surface area contributed by atoms with E-state index in [0.717, 1.165) is 42.5 Å². The number of nitrogens with zero attached hydrogens (tertiary/aromatic N) is 6. The van der Waals surface area contributed by atoms with Crippen molar-refractivity contribution in [1.29, 1.82) is 0 Å². The summed E-state index contributed by atoms with van der Waals surface area (Å²) in [7, 11) is 0. The molecule has 8 heteroatoms. The highest BCUT2D eigenvalue weighted by atomic mass is 15.4. The molecule has 0 unspecified atom stereocenters. The fraction of sp³-hybridized carbons (Fsp3) is 0.286. The average molecular weight is 386 g/mol. The Bertz CT molecular complexity index is 1090. The third-order valence-corrected chi connectivity index (χ3v) is 5.29. The Morgan fingerprint density at radius 2 is 1.59 bits per heavy atom. The van der Waals surface area contributed by atoms with Crippen molar-refractivity contribution in [2.45, 2.75) is 37.8 Å².